The van der Waals surface area contributed by atoms with E-state index in [1.807, 2.05) is 0 Å². The molecule has 0 saturated carbocycles. The molecule has 0 bridgehead atoms. The number of nitrogens with zero attached hydrogens (tertiary/aromatic N) is 7. The van der Waals surface area contributed by atoms with Crippen LogP contribution in [0.1, 0.15) is 33.6 Å². The second kappa shape index (κ2) is 13.3. The second-order valence-corrected chi connectivity index (χ2v) is 9.85. The number of hydrogen-bond donors (Lipinski definition) is 1. The fraction of sp³-hybridized carbons (Fsp3) is 0.391. The Balaban J connectivity index is 2.59. The van der Waals surface area contributed by atoms with Crippen LogP contribution >= 0.6 is 11.3 Å². The highest BCUT2D eigenvalue weighted by Gasteiger charge is 2.21. The van der Waals surface area contributed by atoms with Crippen LogP contribution in [0.2, 0.25) is 0 Å². The van der Waals surface area contributed by atoms with Gasteiger partial charge in [-0.1, -0.05) is 6.58 Å². The number of anilines is 2. The minimum Gasteiger partial charge on any atom is -0.385 e. The average molecular weight is 511 g/mol. The Morgan fingerprint density at radius 1 is 1.20 bits per heavy atom. The van der Waals surface area contributed by atoms with Crippen LogP contribution in [-0.4, -0.2) is 48.8 Å². The van der Waals surface area contributed by atoms with Gasteiger partial charge in [-0.05, 0) is 31.2 Å². The topological polar surface area (TPSA) is 151 Å². The van der Waals surface area contributed by atoms with E-state index in [2.05, 4.69) is 45.3 Å². The van der Waals surface area contributed by atoms with Crippen LogP contribution in [0, 0.1) is 47.8 Å². The third kappa shape index (κ3) is 6.71. The summed E-state index contributed by atoms with van der Waals surface area (Å²) in [4.78, 5) is 6.84. The van der Waals surface area contributed by atoms with E-state index in [4.69, 9.17) is 4.74 Å². The molecule has 0 aliphatic heterocycles. The summed E-state index contributed by atoms with van der Waals surface area (Å²) in [5.74, 6) is 1.18. The van der Waals surface area contributed by atoms with Gasteiger partial charge in [0, 0.05) is 56.0 Å². The summed E-state index contributed by atoms with van der Waals surface area (Å²) >= 11 is 1.08. The van der Waals surface area contributed by atoms with E-state index in [0.717, 1.165) is 17.8 Å². The normalized spacial score (nSPS) is 11.5. The summed E-state index contributed by atoms with van der Waals surface area (Å²) in [7, 11) is 2.21. The molecule has 2 aromatic heterocycles. The van der Waals surface area contributed by atoms with Gasteiger partial charge in [-0.15, -0.1) is 21.6 Å². The van der Waals surface area contributed by atoms with E-state index < -0.39 is 10.8 Å². The van der Waals surface area contributed by atoms with Crippen molar-refractivity contribution in [2.45, 2.75) is 20.3 Å². The van der Waals surface area contributed by atoms with E-state index in [0.29, 0.717) is 69.3 Å². The van der Waals surface area contributed by atoms with Crippen molar-refractivity contribution < 1.29 is 8.95 Å². The number of nitrogens with one attached hydrogen (secondary N) is 1. The van der Waals surface area contributed by atoms with E-state index in [1.54, 1.807) is 32.9 Å². The summed E-state index contributed by atoms with van der Waals surface area (Å²) in [6.07, 6.45) is 0.725. The number of methoxy groups -OCH3 is 1. The van der Waals surface area contributed by atoms with Crippen LogP contribution in [-0.2, 0) is 15.5 Å². The van der Waals surface area contributed by atoms with E-state index >= 15 is 0 Å². The first-order valence-electron chi connectivity index (χ1n) is 10.6. The Hall–Kier alpha value is -3.63. The second-order valence-electron chi connectivity index (χ2n) is 7.35. The Morgan fingerprint density at radius 3 is 2.51 bits per heavy atom. The summed E-state index contributed by atoms with van der Waals surface area (Å²) in [6.45, 7) is 8.50. The molecule has 35 heavy (non-hydrogen) atoms. The predicted molar refractivity (Wildman–Crippen MR) is 138 cm³/mol. The van der Waals surface area contributed by atoms with Crippen LogP contribution < -0.4 is 10.2 Å². The van der Waals surface area contributed by atoms with Gasteiger partial charge in [-0.2, -0.15) is 15.8 Å². The Bertz CT molecular complexity index is 1260. The molecule has 0 amide bonds. The minimum absolute atomic E-state index is 0.286. The minimum atomic E-state index is -1.20. The quantitative estimate of drug-likeness (QED) is 0.322. The monoisotopic (exact) mass is 510 g/mol. The first-order chi connectivity index (χ1) is 16.8. The molecule has 12 heteroatoms. The molecule has 182 valence electrons. The lowest BCUT2D eigenvalue weighted by Gasteiger charge is -2.22. The Labute approximate surface area is 211 Å². The van der Waals surface area contributed by atoms with Crippen molar-refractivity contribution in [1.29, 1.82) is 15.8 Å². The van der Waals surface area contributed by atoms with E-state index in [1.165, 1.54) is 5.41 Å². The standard InChI is InChI=1S/C23H26N8O2S2/c1-6-35(32)11-9-31(4)22-20(29-30-23-18(13-25)15(2)19(14-26)34-23)16(3)17(12-24)21(28-22)27-8-7-10-33-5/h6H,1,7-11H2,2-5H3,(H,27,28). The molecular formula is C23H26N8O2S2. The molecule has 2 heterocycles. The number of aromatic nitrogens is 1. The number of hydrogen-bond acceptors (Lipinski definition) is 11. The van der Waals surface area contributed by atoms with Crippen LogP contribution in [0.25, 0.3) is 0 Å². The van der Waals surface area contributed by atoms with Crippen LogP contribution in [0.15, 0.2) is 22.2 Å². The lowest BCUT2D eigenvalue weighted by atomic mass is 10.1. The zero-order valence-electron chi connectivity index (χ0n) is 20.1. The molecule has 0 aliphatic carbocycles. The lowest BCUT2D eigenvalue weighted by Crippen LogP contribution is -2.24. The number of azo groups is 1. The van der Waals surface area contributed by atoms with Crippen molar-refractivity contribution in [3.63, 3.8) is 0 Å². The van der Waals surface area contributed by atoms with Gasteiger partial charge in [0.2, 0.25) is 0 Å². The highest BCUT2D eigenvalue weighted by atomic mass is 32.2. The molecular weight excluding hydrogens is 484 g/mol. The highest BCUT2D eigenvalue weighted by Crippen LogP contribution is 2.39. The molecule has 1 atom stereocenters. The average Bonchev–Trinajstić information content (AvgIpc) is 3.18. The van der Waals surface area contributed by atoms with Crippen molar-refractivity contribution in [1.82, 2.24) is 4.98 Å². The molecule has 0 saturated heterocycles. The molecule has 0 spiro atoms. The molecule has 0 fully saturated rings. The summed E-state index contributed by atoms with van der Waals surface area (Å²) in [5.41, 5.74) is 2.07. The smallest absolute Gasteiger partial charge is 0.159 e. The maximum absolute atomic E-state index is 11.9. The van der Waals surface area contributed by atoms with Crippen molar-refractivity contribution >= 4 is 44.5 Å². The van der Waals surface area contributed by atoms with E-state index in [9.17, 15) is 20.0 Å². The maximum Gasteiger partial charge on any atom is 0.159 e. The van der Waals surface area contributed by atoms with Gasteiger partial charge in [0.1, 0.15) is 34.6 Å². The van der Waals surface area contributed by atoms with Crippen molar-refractivity contribution in [2.75, 3.05) is 49.8 Å². The fourth-order valence-electron chi connectivity index (χ4n) is 3.07. The molecule has 2 rings (SSSR count). The van der Waals surface area contributed by atoms with Gasteiger partial charge >= 0.3 is 0 Å². The van der Waals surface area contributed by atoms with Gasteiger partial charge in [0.15, 0.2) is 10.8 Å². The number of thiophene rings is 1. The molecule has 2 aromatic rings. The molecule has 0 aromatic carbocycles. The van der Waals surface area contributed by atoms with E-state index in [-0.39, 0.29) is 5.56 Å². The van der Waals surface area contributed by atoms with Crippen LogP contribution in [0.4, 0.5) is 22.3 Å². The van der Waals surface area contributed by atoms with Gasteiger partial charge in [0.05, 0.1) is 11.1 Å². The predicted octanol–water partition coefficient (Wildman–Crippen LogP) is 4.57. The highest BCUT2D eigenvalue weighted by molar-refractivity contribution is 7.87. The van der Waals surface area contributed by atoms with Gasteiger partial charge in [-0.25, -0.2) is 4.98 Å². The van der Waals surface area contributed by atoms with Crippen LogP contribution in [0.3, 0.4) is 0 Å². The SMILES string of the molecule is C=CS(=O)CCN(C)c1nc(NCCCOC)c(C#N)c(C)c1N=Nc1sc(C#N)c(C)c1C#N. The summed E-state index contributed by atoms with van der Waals surface area (Å²) in [5, 5.41) is 42.2. The first-order valence-corrected chi connectivity index (χ1v) is 12.8. The number of ether oxygens (including phenoxy) is 1. The third-order valence-corrected chi connectivity index (χ3v) is 7.12. The Kier molecular flexibility index (Phi) is 10.5. The summed E-state index contributed by atoms with van der Waals surface area (Å²) in [6, 6.07) is 6.32. The zero-order valence-corrected chi connectivity index (χ0v) is 21.7. The summed E-state index contributed by atoms with van der Waals surface area (Å²) < 4.78 is 17.0. The molecule has 0 radical (unpaired) electrons. The maximum atomic E-state index is 11.9. The van der Waals surface area contributed by atoms with Crippen LogP contribution in [0.5, 0.6) is 0 Å². The third-order valence-electron chi connectivity index (χ3n) is 5.08. The van der Waals surface area contributed by atoms with Gasteiger partial charge in [-0.3, -0.25) is 4.21 Å². The number of rotatable bonds is 12. The first kappa shape index (κ1) is 27.6. The largest absolute Gasteiger partial charge is 0.385 e. The zero-order chi connectivity index (χ0) is 26.0. The lowest BCUT2D eigenvalue weighted by molar-refractivity contribution is 0.198. The van der Waals surface area contributed by atoms with Crippen molar-refractivity contribution in [3.05, 3.63) is 39.1 Å². The number of pyridine rings is 1. The molecule has 0 aliphatic rings. The molecule has 10 nitrogen and oxygen atoms in total. The fourth-order valence-corrected chi connectivity index (χ4v) is 4.57. The van der Waals surface area contributed by atoms with Gasteiger partial charge < -0.3 is 15.0 Å². The molecule has 1 N–H and O–H groups in total. The molecule has 1 unspecified atom stereocenters. The van der Waals surface area contributed by atoms with Gasteiger partial charge in [0.25, 0.3) is 0 Å². The number of nitriles is 3. The van der Waals surface area contributed by atoms with Crippen molar-refractivity contribution in [3.8, 4) is 18.2 Å². The van der Waals surface area contributed by atoms with Crippen molar-refractivity contribution in [2.24, 2.45) is 10.2 Å². The Morgan fingerprint density at radius 2 is 1.91 bits per heavy atom.